The van der Waals surface area contributed by atoms with Crippen LogP contribution in [0.25, 0.3) is 0 Å². The van der Waals surface area contributed by atoms with Gasteiger partial charge in [0.2, 0.25) is 5.91 Å². The molecule has 0 aliphatic rings. The summed E-state index contributed by atoms with van der Waals surface area (Å²) in [5, 5.41) is 18.3. The summed E-state index contributed by atoms with van der Waals surface area (Å²) in [4.78, 5) is 23.9. The first-order valence-corrected chi connectivity index (χ1v) is 5.35. The van der Waals surface area contributed by atoms with Gasteiger partial charge in [-0.25, -0.2) is 0 Å². The molecule has 0 saturated heterocycles. The fraction of sp³-hybridized carbons (Fsp3) is 0.818. The quantitative estimate of drug-likeness (QED) is 0.659. The van der Waals surface area contributed by atoms with Gasteiger partial charge in [0.05, 0.1) is 18.1 Å². The van der Waals surface area contributed by atoms with E-state index in [1.807, 2.05) is 0 Å². The molecule has 0 rings (SSSR count). The van der Waals surface area contributed by atoms with E-state index in [0.29, 0.717) is 0 Å². The highest BCUT2D eigenvalue weighted by Crippen LogP contribution is 2.21. The second-order valence-electron chi connectivity index (χ2n) is 4.75. The van der Waals surface area contributed by atoms with Gasteiger partial charge in [-0.05, 0) is 13.8 Å². The number of aliphatic hydroxyl groups is 1. The average Bonchev–Trinajstić information content (AvgIpc) is 2.16. The molecule has 0 aromatic carbocycles. The first-order chi connectivity index (χ1) is 7.70. The minimum atomic E-state index is -1.10. The lowest BCUT2D eigenvalue weighted by Gasteiger charge is -2.25. The van der Waals surface area contributed by atoms with Crippen LogP contribution in [0.15, 0.2) is 0 Å². The van der Waals surface area contributed by atoms with Crippen molar-refractivity contribution >= 4 is 11.9 Å². The Bertz CT molecular complexity index is 277. The summed E-state index contributed by atoms with van der Waals surface area (Å²) in [7, 11) is 2.98. The van der Waals surface area contributed by atoms with Gasteiger partial charge in [-0.1, -0.05) is 0 Å². The number of aliphatic carboxylic acids is 1. The van der Waals surface area contributed by atoms with E-state index in [2.05, 4.69) is 0 Å². The highest BCUT2D eigenvalue weighted by Gasteiger charge is 2.31. The fourth-order valence-electron chi connectivity index (χ4n) is 1.25. The standard InChI is InChI=1S/C11H21NO5/c1-11(2,10(15)16)5-9(14)12(3)6-8(13)7-17-4/h8,13H,5-7H2,1-4H3,(H,15,16). The van der Waals surface area contributed by atoms with Crippen molar-refractivity contribution in [2.45, 2.75) is 26.4 Å². The zero-order valence-corrected chi connectivity index (χ0v) is 10.8. The molecule has 1 atom stereocenters. The molecule has 0 fully saturated rings. The van der Waals surface area contributed by atoms with Crippen LogP contribution in [0.3, 0.4) is 0 Å². The third-order valence-corrected chi connectivity index (χ3v) is 2.44. The van der Waals surface area contributed by atoms with E-state index >= 15 is 0 Å². The van der Waals surface area contributed by atoms with Crippen molar-refractivity contribution in [2.75, 3.05) is 27.3 Å². The third-order valence-electron chi connectivity index (χ3n) is 2.44. The topological polar surface area (TPSA) is 87.1 Å². The smallest absolute Gasteiger partial charge is 0.309 e. The van der Waals surface area contributed by atoms with Gasteiger partial charge >= 0.3 is 5.97 Å². The molecule has 0 aromatic heterocycles. The maximum atomic E-state index is 11.7. The second-order valence-corrected chi connectivity index (χ2v) is 4.75. The molecule has 0 aliphatic carbocycles. The molecule has 0 heterocycles. The monoisotopic (exact) mass is 247 g/mol. The van der Waals surface area contributed by atoms with Crippen LogP contribution in [0, 0.1) is 5.41 Å². The molecule has 6 heteroatoms. The number of amides is 1. The minimum Gasteiger partial charge on any atom is -0.481 e. The van der Waals surface area contributed by atoms with Crippen molar-refractivity contribution in [1.82, 2.24) is 4.90 Å². The second kappa shape index (κ2) is 6.56. The molecule has 0 radical (unpaired) electrons. The Labute approximate surface area is 101 Å². The molecule has 0 aromatic rings. The number of aliphatic hydroxyl groups excluding tert-OH is 1. The average molecular weight is 247 g/mol. The van der Waals surface area contributed by atoms with E-state index in [9.17, 15) is 14.7 Å². The van der Waals surface area contributed by atoms with Crippen LogP contribution in [-0.2, 0) is 14.3 Å². The van der Waals surface area contributed by atoms with E-state index in [1.165, 1.54) is 32.9 Å². The van der Waals surface area contributed by atoms with E-state index in [4.69, 9.17) is 9.84 Å². The number of methoxy groups -OCH3 is 1. The zero-order valence-electron chi connectivity index (χ0n) is 10.8. The molecule has 0 aliphatic heterocycles. The molecule has 0 bridgehead atoms. The number of carboxylic acids is 1. The Morgan fingerprint density at radius 2 is 1.94 bits per heavy atom. The van der Waals surface area contributed by atoms with E-state index < -0.39 is 17.5 Å². The van der Waals surface area contributed by atoms with Crippen molar-refractivity contribution < 1.29 is 24.5 Å². The van der Waals surface area contributed by atoms with Gasteiger partial charge in [-0.3, -0.25) is 9.59 Å². The summed E-state index contributed by atoms with van der Waals surface area (Å²) < 4.78 is 4.74. The first kappa shape index (κ1) is 15.9. The number of carboxylic acid groups (broad SMARTS) is 1. The van der Waals surface area contributed by atoms with Crippen molar-refractivity contribution in [1.29, 1.82) is 0 Å². The number of hydrogen-bond donors (Lipinski definition) is 2. The Balaban J connectivity index is 4.28. The number of nitrogens with zero attached hydrogens (tertiary/aromatic N) is 1. The zero-order chi connectivity index (χ0) is 13.6. The molecular weight excluding hydrogens is 226 g/mol. The van der Waals surface area contributed by atoms with Crippen LogP contribution in [0.4, 0.5) is 0 Å². The molecule has 17 heavy (non-hydrogen) atoms. The molecule has 1 amide bonds. The third kappa shape index (κ3) is 5.65. The highest BCUT2D eigenvalue weighted by molar-refractivity contribution is 5.84. The summed E-state index contributed by atoms with van der Waals surface area (Å²) in [6, 6.07) is 0. The summed E-state index contributed by atoms with van der Waals surface area (Å²) in [5.74, 6) is -1.33. The van der Waals surface area contributed by atoms with Crippen LogP contribution >= 0.6 is 0 Å². The van der Waals surface area contributed by atoms with Crippen molar-refractivity contribution in [3.63, 3.8) is 0 Å². The van der Waals surface area contributed by atoms with Gasteiger partial charge < -0.3 is 19.8 Å². The fourth-order valence-corrected chi connectivity index (χ4v) is 1.25. The Morgan fingerprint density at radius 1 is 1.41 bits per heavy atom. The number of carbonyl (C=O) groups is 2. The summed E-state index contributed by atoms with van der Waals surface area (Å²) in [6.07, 6.45) is -0.861. The molecule has 2 N–H and O–H groups in total. The Kier molecular flexibility index (Phi) is 6.12. The minimum absolute atomic E-state index is 0.0987. The summed E-state index contributed by atoms with van der Waals surface area (Å²) in [6.45, 7) is 3.25. The molecule has 6 nitrogen and oxygen atoms in total. The lowest BCUT2D eigenvalue weighted by Crippen LogP contribution is -2.39. The van der Waals surface area contributed by atoms with Crippen LogP contribution < -0.4 is 0 Å². The van der Waals surface area contributed by atoms with Crippen molar-refractivity contribution in [3.05, 3.63) is 0 Å². The number of carbonyl (C=O) groups excluding carboxylic acids is 1. The normalized spacial score (nSPS) is 13.2. The molecular formula is C11H21NO5. The molecule has 1 unspecified atom stereocenters. The number of likely N-dealkylation sites (N-methyl/N-ethyl adjacent to an activating group) is 1. The molecule has 0 saturated carbocycles. The lowest BCUT2D eigenvalue weighted by atomic mass is 9.89. The van der Waals surface area contributed by atoms with Gasteiger partial charge in [0.25, 0.3) is 0 Å². The van der Waals surface area contributed by atoms with Gasteiger partial charge in [0.1, 0.15) is 0 Å². The predicted octanol–water partition coefficient (Wildman–Crippen LogP) is -0.0470. The highest BCUT2D eigenvalue weighted by atomic mass is 16.5. The van der Waals surface area contributed by atoms with Crippen LogP contribution in [0.2, 0.25) is 0 Å². The predicted molar refractivity (Wildman–Crippen MR) is 61.6 cm³/mol. The number of ether oxygens (including phenoxy) is 1. The maximum Gasteiger partial charge on any atom is 0.309 e. The molecule has 0 spiro atoms. The van der Waals surface area contributed by atoms with Gasteiger partial charge in [-0.2, -0.15) is 0 Å². The summed E-state index contributed by atoms with van der Waals surface area (Å²) >= 11 is 0. The lowest BCUT2D eigenvalue weighted by molar-refractivity contribution is -0.151. The maximum absolute atomic E-state index is 11.7. The van der Waals surface area contributed by atoms with E-state index in [-0.39, 0.29) is 25.5 Å². The van der Waals surface area contributed by atoms with Gasteiger partial charge in [0, 0.05) is 27.1 Å². The van der Waals surface area contributed by atoms with Crippen LogP contribution in [0.5, 0.6) is 0 Å². The number of hydrogen-bond acceptors (Lipinski definition) is 4. The Hall–Kier alpha value is -1.14. The van der Waals surface area contributed by atoms with Crippen molar-refractivity contribution in [2.24, 2.45) is 5.41 Å². The largest absolute Gasteiger partial charge is 0.481 e. The Morgan fingerprint density at radius 3 is 2.35 bits per heavy atom. The van der Waals surface area contributed by atoms with E-state index in [0.717, 1.165) is 0 Å². The number of rotatable bonds is 7. The molecule has 100 valence electrons. The summed E-state index contributed by atoms with van der Waals surface area (Å²) in [5.41, 5.74) is -1.10. The van der Waals surface area contributed by atoms with Gasteiger partial charge in [0.15, 0.2) is 0 Å². The van der Waals surface area contributed by atoms with Crippen LogP contribution in [-0.4, -0.2) is 60.4 Å². The van der Waals surface area contributed by atoms with Crippen molar-refractivity contribution in [3.8, 4) is 0 Å². The SMILES string of the molecule is COCC(O)CN(C)C(=O)CC(C)(C)C(=O)O. The van der Waals surface area contributed by atoms with E-state index in [1.54, 1.807) is 0 Å². The van der Waals surface area contributed by atoms with Crippen LogP contribution in [0.1, 0.15) is 20.3 Å². The first-order valence-electron chi connectivity index (χ1n) is 5.35. The van der Waals surface area contributed by atoms with Gasteiger partial charge in [-0.15, -0.1) is 0 Å².